The van der Waals surface area contributed by atoms with E-state index in [0.29, 0.717) is 24.0 Å². The van der Waals surface area contributed by atoms with E-state index in [1.165, 1.54) is 5.69 Å². The van der Waals surface area contributed by atoms with E-state index in [-0.39, 0.29) is 24.0 Å². The molecular weight excluding hydrogens is 471 g/mol. The number of anilines is 2. The van der Waals surface area contributed by atoms with Crippen LogP contribution in [-0.2, 0) is 11.3 Å². The number of nitrogens with two attached hydrogens (primary N) is 1. The largest absolute Gasteiger partial charge is 0.493 e. The Hall–Kier alpha value is -2.20. The normalized spacial score (nSPS) is 14.2. The first-order valence-electron chi connectivity index (χ1n) is 8.91. The molecule has 2 aromatic rings. The fraction of sp³-hybridized carbons (Fsp3) is 0.350. The molecule has 3 N–H and O–H groups in total. The molecule has 7 nitrogen and oxygen atoms in total. The van der Waals surface area contributed by atoms with Crippen molar-refractivity contribution in [1.82, 2.24) is 0 Å². The van der Waals surface area contributed by atoms with Crippen LogP contribution in [0, 0.1) is 0 Å². The van der Waals surface area contributed by atoms with Crippen LogP contribution in [0.15, 0.2) is 47.5 Å². The van der Waals surface area contributed by atoms with Gasteiger partial charge >= 0.3 is 0 Å². The Balaban J connectivity index is 0.00000280. The zero-order valence-electron chi connectivity index (χ0n) is 16.2. The lowest BCUT2D eigenvalue weighted by atomic mass is 10.1. The lowest BCUT2D eigenvalue weighted by Crippen LogP contribution is -2.36. The Morgan fingerprint density at radius 3 is 2.54 bits per heavy atom. The third-order valence-corrected chi connectivity index (χ3v) is 4.42. The molecule has 28 heavy (non-hydrogen) atoms. The molecule has 2 aromatic carbocycles. The smallest absolute Gasteiger partial charge is 0.193 e. The van der Waals surface area contributed by atoms with Crippen molar-refractivity contribution in [2.45, 2.75) is 6.54 Å². The molecule has 152 valence electrons. The van der Waals surface area contributed by atoms with Gasteiger partial charge in [-0.2, -0.15) is 0 Å². The van der Waals surface area contributed by atoms with Crippen molar-refractivity contribution in [3.8, 4) is 11.5 Å². The van der Waals surface area contributed by atoms with E-state index in [9.17, 15) is 0 Å². The molecule has 1 saturated heterocycles. The summed E-state index contributed by atoms with van der Waals surface area (Å²) in [5.74, 6) is 1.64. The Bertz CT molecular complexity index is 795. The molecule has 0 spiro atoms. The van der Waals surface area contributed by atoms with E-state index in [1.807, 2.05) is 30.3 Å². The van der Waals surface area contributed by atoms with Crippen molar-refractivity contribution < 1.29 is 14.2 Å². The number of ether oxygens (including phenoxy) is 3. The molecule has 1 heterocycles. The van der Waals surface area contributed by atoms with Gasteiger partial charge in [-0.3, -0.25) is 0 Å². The first-order valence-corrected chi connectivity index (χ1v) is 8.91. The highest BCUT2D eigenvalue weighted by molar-refractivity contribution is 14.0. The van der Waals surface area contributed by atoms with Crippen molar-refractivity contribution in [3.05, 3.63) is 48.0 Å². The number of rotatable bonds is 6. The molecule has 1 aliphatic heterocycles. The molecule has 0 saturated carbocycles. The number of hydrogen-bond acceptors (Lipinski definition) is 5. The summed E-state index contributed by atoms with van der Waals surface area (Å²) >= 11 is 0. The molecular formula is C20H27IN4O3. The van der Waals surface area contributed by atoms with Crippen molar-refractivity contribution in [2.75, 3.05) is 50.7 Å². The van der Waals surface area contributed by atoms with E-state index in [4.69, 9.17) is 19.9 Å². The van der Waals surface area contributed by atoms with Crippen LogP contribution >= 0.6 is 24.0 Å². The Labute approximate surface area is 182 Å². The van der Waals surface area contributed by atoms with Gasteiger partial charge in [0.2, 0.25) is 0 Å². The van der Waals surface area contributed by atoms with Gasteiger partial charge in [0.15, 0.2) is 17.5 Å². The van der Waals surface area contributed by atoms with Crippen LogP contribution in [0.5, 0.6) is 11.5 Å². The van der Waals surface area contributed by atoms with E-state index in [0.717, 1.165) is 37.6 Å². The van der Waals surface area contributed by atoms with Crippen LogP contribution in [0.25, 0.3) is 0 Å². The van der Waals surface area contributed by atoms with Crippen LogP contribution in [0.1, 0.15) is 5.56 Å². The van der Waals surface area contributed by atoms with E-state index in [1.54, 1.807) is 14.2 Å². The summed E-state index contributed by atoms with van der Waals surface area (Å²) in [5.41, 5.74) is 9.18. The minimum atomic E-state index is 0. The quantitative estimate of drug-likeness (QED) is 0.362. The van der Waals surface area contributed by atoms with Crippen LogP contribution in [0.4, 0.5) is 11.4 Å². The SMILES string of the molecule is COc1ccc(NC(N)=NCc2ccccc2N2CCOCC2)cc1OC.I. The number of halogens is 1. The molecule has 1 aliphatic rings. The molecule has 0 atom stereocenters. The molecule has 0 unspecified atom stereocenters. The summed E-state index contributed by atoms with van der Waals surface area (Å²) in [6.07, 6.45) is 0. The van der Waals surface area contributed by atoms with E-state index >= 15 is 0 Å². The maximum absolute atomic E-state index is 6.08. The van der Waals surface area contributed by atoms with Crippen LogP contribution < -0.4 is 25.4 Å². The minimum Gasteiger partial charge on any atom is -0.493 e. The highest BCUT2D eigenvalue weighted by Crippen LogP contribution is 2.29. The highest BCUT2D eigenvalue weighted by Gasteiger charge is 2.14. The zero-order chi connectivity index (χ0) is 19.1. The van der Waals surface area contributed by atoms with Crippen LogP contribution in [-0.4, -0.2) is 46.5 Å². The van der Waals surface area contributed by atoms with Gasteiger partial charge in [-0.1, -0.05) is 18.2 Å². The first kappa shape index (κ1) is 22.1. The second kappa shape index (κ2) is 11.0. The van der Waals surface area contributed by atoms with Crippen molar-refractivity contribution >= 4 is 41.3 Å². The summed E-state index contributed by atoms with van der Waals surface area (Å²) in [7, 11) is 3.20. The number of guanidine groups is 1. The van der Waals surface area contributed by atoms with Crippen molar-refractivity contribution in [3.63, 3.8) is 0 Å². The summed E-state index contributed by atoms with van der Waals surface area (Å²) in [4.78, 5) is 6.82. The predicted molar refractivity (Wildman–Crippen MR) is 123 cm³/mol. The monoisotopic (exact) mass is 498 g/mol. The summed E-state index contributed by atoms with van der Waals surface area (Å²) in [6.45, 7) is 3.78. The van der Waals surface area contributed by atoms with Gasteiger partial charge in [0.05, 0.1) is 34.0 Å². The maximum atomic E-state index is 6.08. The highest BCUT2D eigenvalue weighted by atomic mass is 127. The molecule has 0 radical (unpaired) electrons. The van der Waals surface area contributed by atoms with Gasteiger partial charge in [0.25, 0.3) is 0 Å². The lowest BCUT2D eigenvalue weighted by molar-refractivity contribution is 0.122. The number of para-hydroxylation sites is 1. The third kappa shape index (κ3) is 5.65. The van der Waals surface area contributed by atoms with Crippen LogP contribution in [0.2, 0.25) is 0 Å². The molecule has 3 rings (SSSR count). The van der Waals surface area contributed by atoms with Crippen molar-refractivity contribution in [2.24, 2.45) is 10.7 Å². The molecule has 0 bridgehead atoms. The third-order valence-electron chi connectivity index (χ3n) is 4.42. The number of aliphatic imine (C=N–C) groups is 1. The average Bonchev–Trinajstić information content (AvgIpc) is 2.73. The zero-order valence-corrected chi connectivity index (χ0v) is 18.5. The van der Waals surface area contributed by atoms with Gasteiger partial charge in [0.1, 0.15) is 0 Å². The van der Waals surface area contributed by atoms with Crippen LogP contribution in [0.3, 0.4) is 0 Å². The Morgan fingerprint density at radius 1 is 1.11 bits per heavy atom. The van der Waals surface area contributed by atoms with E-state index in [2.05, 4.69) is 27.3 Å². The van der Waals surface area contributed by atoms with Crippen molar-refractivity contribution in [1.29, 1.82) is 0 Å². The number of morpholine rings is 1. The van der Waals surface area contributed by atoms with Gasteiger partial charge in [-0.05, 0) is 23.8 Å². The maximum Gasteiger partial charge on any atom is 0.193 e. The lowest BCUT2D eigenvalue weighted by Gasteiger charge is -2.30. The Morgan fingerprint density at radius 2 is 1.82 bits per heavy atom. The molecule has 8 heteroatoms. The topological polar surface area (TPSA) is 81.3 Å². The van der Waals surface area contributed by atoms with E-state index < -0.39 is 0 Å². The molecule has 0 amide bonds. The summed E-state index contributed by atoms with van der Waals surface area (Å²) < 4.78 is 16.0. The van der Waals surface area contributed by atoms with Gasteiger partial charge in [0, 0.05) is 30.5 Å². The molecule has 1 fully saturated rings. The first-order chi connectivity index (χ1) is 13.2. The Kier molecular flexibility index (Phi) is 8.65. The predicted octanol–water partition coefficient (Wildman–Crippen LogP) is 3.09. The summed E-state index contributed by atoms with van der Waals surface area (Å²) in [6, 6.07) is 13.8. The fourth-order valence-corrected chi connectivity index (χ4v) is 3.03. The second-order valence-corrected chi connectivity index (χ2v) is 6.12. The summed E-state index contributed by atoms with van der Waals surface area (Å²) in [5, 5.41) is 3.10. The van der Waals surface area contributed by atoms with Gasteiger partial charge < -0.3 is 30.2 Å². The number of methoxy groups -OCH3 is 2. The number of hydrogen-bond donors (Lipinski definition) is 2. The standard InChI is InChI=1S/C20H26N4O3.HI/c1-25-18-8-7-16(13-19(18)26-2)23-20(21)22-14-15-5-3-4-6-17(15)24-9-11-27-12-10-24;/h3-8,13H,9-12,14H2,1-2H3,(H3,21,22,23);1H. The minimum absolute atomic E-state index is 0. The van der Waals surface area contributed by atoms with Gasteiger partial charge in [-0.15, -0.1) is 24.0 Å². The van der Waals surface area contributed by atoms with Gasteiger partial charge in [-0.25, -0.2) is 4.99 Å². The number of nitrogens with one attached hydrogen (secondary N) is 1. The average molecular weight is 498 g/mol. The fourth-order valence-electron chi connectivity index (χ4n) is 3.03. The number of nitrogens with zero attached hydrogens (tertiary/aromatic N) is 2. The molecule has 0 aromatic heterocycles. The second-order valence-electron chi connectivity index (χ2n) is 6.12. The molecule has 0 aliphatic carbocycles. The number of benzene rings is 2.